The molecular weight excluding hydrogens is 473 g/mol. The van der Waals surface area contributed by atoms with E-state index in [0.29, 0.717) is 22.1 Å². The highest BCUT2D eigenvalue weighted by molar-refractivity contribution is 7.98. The molecule has 0 spiro atoms. The molecule has 4 rings (SSSR count). The van der Waals surface area contributed by atoms with Gasteiger partial charge in [0.25, 0.3) is 0 Å². The van der Waals surface area contributed by atoms with Crippen LogP contribution in [-0.2, 0) is 16.7 Å². The second kappa shape index (κ2) is 9.40. The fourth-order valence-corrected chi connectivity index (χ4v) is 5.04. The van der Waals surface area contributed by atoms with Gasteiger partial charge >= 0.3 is 12.1 Å². The number of benzene rings is 2. The third kappa shape index (κ3) is 5.45. The number of carboxylic acids is 1. The Balaban J connectivity index is 1.52. The molecule has 33 heavy (non-hydrogen) atoms. The molecule has 1 N–H and O–H groups in total. The minimum absolute atomic E-state index is 0.395. The normalized spacial score (nSPS) is 11.6. The van der Waals surface area contributed by atoms with Gasteiger partial charge in [-0.1, -0.05) is 23.5 Å². The van der Waals surface area contributed by atoms with Crippen molar-refractivity contribution in [3.8, 4) is 16.3 Å². The number of alkyl halides is 3. The highest BCUT2D eigenvalue weighted by Crippen LogP contribution is 2.35. The molecule has 2 aromatic heterocycles. The largest absolute Gasteiger partial charge is 0.482 e. The summed E-state index contributed by atoms with van der Waals surface area (Å²) in [6.45, 7) is 1.45. The Morgan fingerprint density at radius 2 is 1.91 bits per heavy atom. The minimum atomic E-state index is -4.38. The maximum Gasteiger partial charge on any atom is 0.416 e. The number of ether oxygens (including phenoxy) is 1. The number of rotatable bonds is 7. The minimum Gasteiger partial charge on any atom is -0.482 e. The molecule has 0 unspecified atom stereocenters. The fourth-order valence-electron chi connectivity index (χ4n) is 3.10. The van der Waals surface area contributed by atoms with Gasteiger partial charge in [0.15, 0.2) is 6.61 Å². The van der Waals surface area contributed by atoms with E-state index < -0.39 is 24.3 Å². The van der Waals surface area contributed by atoms with Crippen LogP contribution < -0.4 is 4.74 Å². The van der Waals surface area contributed by atoms with Crippen LogP contribution in [0, 0.1) is 6.92 Å². The zero-order valence-corrected chi connectivity index (χ0v) is 18.9. The molecule has 2 heterocycles. The summed E-state index contributed by atoms with van der Waals surface area (Å²) in [4.78, 5) is 21.4. The Morgan fingerprint density at radius 1 is 1.15 bits per heavy atom. The summed E-state index contributed by atoms with van der Waals surface area (Å²) in [6, 6.07) is 12.4. The van der Waals surface area contributed by atoms with Crippen molar-refractivity contribution in [2.24, 2.45) is 0 Å². The van der Waals surface area contributed by atoms with Gasteiger partial charge in [-0.2, -0.15) is 13.2 Å². The number of aliphatic carboxylic acids is 1. The standard InChI is InChI=1S/C23H17F3N2O3S2/c1-13-10-17(6-7-18(13)31-11-19(29)30)32-12-15-8-9-27-22-20(15)28-21(33-22)14-2-4-16(5-3-14)23(24,25)26/h2-10H,11-12H2,1H3,(H,29,30). The number of carboxylic acid groups (broad SMARTS) is 1. The Bertz CT molecular complexity index is 1300. The monoisotopic (exact) mass is 490 g/mol. The number of aromatic nitrogens is 2. The lowest BCUT2D eigenvalue weighted by atomic mass is 10.1. The number of fused-ring (bicyclic) bond motifs is 1. The van der Waals surface area contributed by atoms with E-state index in [1.807, 2.05) is 25.1 Å². The molecule has 0 radical (unpaired) electrons. The molecule has 0 bridgehead atoms. The highest BCUT2D eigenvalue weighted by atomic mass is 32.2. The van der Waals surface area contributed by atoms with Crippen molar-refractivity contribution in [3.05, 3.63) is 71.4 Å². The number of aryl methyl sites for hydroxylation is 1. The second-order valence-corrected chi connectivity index (χ2v) is 9.14. The molecule has 0 aliphatic heterocycles. The van der Waals surface area contributed by atoms with Crippen molar-refractivity contribution in [3.63, 3.8) is 0 Å². The van der Waals surface area contributed by atoms with E-state index in [4.69, 9.17) is 9.84 Å². The average Bonchev–Trinajstić information content (AvgIpc) is 3.21. The van der Waals surface area contributed by atoms with Crippen LogP contribution >= 0.6 is 23.1 Å². The summed E-state index contributed by atoms with van der Waals surface area (Å²) in [5.74, 6) is 0.103. The first-order valence-electron chi connectivity index (χ1n) is 9.71. The van der Waals surface area contributed by atoms with Crippen molar-refractivity contribution in [2.45, 2.75) is 23.7 Å². The first-order chi connectivity index (χ1) is 15.7. The van der Waals surface area contributed by atoms with Crippen molar-refractivity contribution in [1.82, 2.24) is 9.97 Å². The van der Waals surface area contributed by atoms with Gasteiger partial charge < -0.3 is 9.84 Å². The lowest BCUT2D eigenvalue weighted by molar-refractivity contribution is -0.139. The third-order valence-electron chi connectivity index (χ3n) is 4.73. The van der Waals surface area contributed by atoms with E-state index in [1.165, 1.54) is 23.5 Å². The molecule has 5 nitrogen and oxygen atoms in total. The second-order valence-electron chi connectivity index (χ2n) is 7.12. The molecule has 0 aliphatic rings. The van der Waals surface area contributed by atoms with Gasteiger partial charge in [0.1, 0.15) is 21.1 Å². The van der Waals surface area contributed by atoms with Crippen LogP contribution in [0.1, 0.15) is 16.7 Å². The Morgan fingerprint density at radius 3 is 2.58 bits per heavy atom. The first-order valence-corrected chi connectivity index (χ1v) is 11.5. The van der Waals surface area contributed by atoms with Gasteiger partial charge in [0, 0.05) is 22.4 Å². The van der Waals surface area contributed by atoms with Gasteiger partial charge in [-0.3, -0.25) is 0 Å². The quantitative estimate of drug-likeness (QED) is 0.301. The number of hydrogen-bond donors (Lipinski definition) is 1. The molecule has 170 valence electrons. The zero-order valence-electron chi connectivity index (χ0n) is 17.2. The summed E-state index contributed by atoms with van der Waals surface area (Å²) in [5, 5.41) is 9.36. The number of thioether (sulfide) groups is 1. The van der Waals surface area contributed by atoms with Gasteiger partial charge in [-0.15, -0.1) is 11.8 Å². The van der Waals surface area contributed by atoms with Crippen molar-refractivity contribution in [1.29, 1.82) is 0 Å². The maximum atomic E-state index is 12.8. The third-order valence-corrected chi connectivity index (χ3v) is 6.79. The Labute approximate surface area is 195 Å². The lowest BCUT2D eigenvalue weighted by Crippen LogP contribution is -2.09. The van der Waals surface area contributed by atoms with Gasteiger partial charge in [-0.25, -0.2) is 14.8 Å². The zero-order chi connectivity index (χ0) is 23.6. The molecule has 0 atom stereocenters. The molecule has 10 heteroatoms. The lowest BCUT2D eigenvalue weighted by Gasteiger charge is -2.09. The number of thiazole rings is 1. The van der Waals surface area contributed by atoms with Crippen molar-refractivity contribution in [2.75, 3.05) is 6.61 Å². The van der Waals surface area contributed by atoms with E-state index in [-0.39, 0.29) is 0 Å². The Hall–Kier alpha value is -3.11. The summed E-state index contributed by atoms with van der Waals surface area (Å²) in [5.41, 5.74) is 2.43. The molecule has 0 fully saturated rings. The number of hydrogen-bond acceptors (Lipinski definition) is 6. The number of pyridine rings is 1. The summed E-state index contributed by atoms with van der Waals surface area (Å²) < 4.78 is 43.7. The van der Waals surface area contributed by atoms with E-state index in [9.17, 15) is 18.0 Å². The Kier molecular flexibility index (Phi) is 6.57. The first kappa shape index (κ1) is 23.1. The summed E-state index contributed by atoms with van der Waals surface area (Å²) in [7, 11) is 0. The molecule has 0 amide bonds. The fraction of sp³-hybridized carbons (Fsp3) is 0.174. The van der Waals surface area contributed by atoms with Crippen LogP contribution in [0.15, 0.2) is 59.6 Å². The number of nitrogens with zero attached hydrogens (tertiary/aromatic N) is 2. The predicted molar refractivity (Wildman–Crippen MR) is 122 cm³/mol. The summed E-state index contributed by atoms with van der Waals surface area (Å²) in [6.07, 6.45) is -2.68. The molecule has 4 aromatic rings. The van der Waals surface area contributed by atoms with Crippen LogP contribution in [-0.4, -0.2) is 27.7 Å². The smallest absolute Gasteiger partial charge is 0.416 e. The van der Waals surface area contributed by atoms with Gasteiger partial charge in [-0.05, 0) is 54.4 Å². The van der Waals surface area contributed by atoms with Crippen LogP contribution in [0.25, 0.3) is 20.9 Å². The van der Waals surface area contributed by atoms with Crippen LogP contribution in [0.4, 0.5) is 13.2 Å². The van der Waals surface area contributed by atoms with Crippen molar-refractivity contribution >= 4 is 39.4 Å². The van der Waals surface area contributed by atoms with E-state index in [1.54, 1.807) is 24.0 Å². The van der Waals surface area contributed by atoms with Gasteiger partial charge in [0.2, 0.25) is 0 Å². The van der Waals surface area contributed by atoms with E-state index in [0.717, 1.165) is 38.5 Å². The SMILES string of the molecule is Cc1cc(SCc2ccnc3sc(-c4ccc(C(F)(F)F)cc4)nc23)ccc1OCC(=O)O. The van der Waals surface area contributed by atoms with Crippen LogP contribution in [0.5, 0.6) is 5.75 Å². The maximum absolute atomic E-state index is 12.8. The molecule has 0 aliphatic carbocycles. The molecule has 0 saturated carbocycles. The van der Waals surface area contributed by atoms with Crippen LogP contribution in [0.3, 0.4) is 0 Å². The van der Waals surface area contributed by atoms with Crippen LogP contribution in [0.2, 0.25) is 0 Å². The van der Waals surface area contributed by atoms with Crippen molar-refractivity contribution < 1.29 is 27.8 Å². The predicted octanol–water partition coefficient (Wildman–Crippen LogP) is 6.44. The number of halogens is 3. The molecular formula is C23H17F3N2O3S2. The average molecular weight is 491 g/mol. The number of carbonyl (C=O) groups is 1. The topological polar surface area (TPSA) is 72.3 Å². The molecule has 0 saturated heterocycles. The highest BCUT2D eigenvalue weighted by Gasteiger charge is 2.30. The van der Waals surface area contributed by atoms with E-state index in [2.05, 4.69) is 9.97 Å². The van der Waals surface area contributed by atoms with Gasteiger partial charge in [0.05, 0.1) is 5.56 Å². The van der Waals surface area contributed by atoms with E-state index >= 15 is 0 Å². The summed E-state index contributed by atoms with van der Waals surface area (Å²) >= 11 is 2.92. The molecule has 2 aromatic carbocycles.